The van der Waals surface area contributed by atoms with Crippen LogP contribution >= 0.6 is 0 Å². The molecule has 2 N–H and O–H groups in total. The fraction of sp³-hybridized carbons (Fsp3) is 0.846. The average Bonchev–Trinajstić information content (AvgIpc) is 2.85. The lowest BCUT2D eigenvalue weighted by Gasteiger charge is -2.26. The Hall–Kier alpha value is -0.940. The number of aryl methyl sites for hydroxylation is 1. The highest BCUT2D eigenvalue weighted by Crippen LogP contribution is 2.12. The van der Waals surface area contributed by atoms with Crippen LogP contribution < -0.4 is 10.6 Å². The zero-order chi connectivity index (χ0) is 12.8. The standard InChI is InChI=1S/C13H25N5/c1-3-18-10-16-17-13(18)9-15-11(2)8-12-6-4-5-7-14-12/h10-12,14-15H,3-9H2,1-2H3. The van der Waals surface area contributed by atoms with Gasteiger partial charge in [-0.15, -0.1) is 10.2 Å². The molecule has 5 heteroatoms. The molecule has 2 atom stereocenters. The van der Waals surface area contributed by atoms with Gasteiger partial charge in [-0.25, -0.2) is 0 Å². The summed E-state index contributed by atoms with van der Waals surface area (Å²) >= 11 is 0. The molecule has 2 heterocycles. The Bertz CT molecular complexity index is 343. The molecule has 1 aliphatic rings. The predicted octanol–water partition coefficient (Wildman–Crippen LogP) is 1.31. The molecule has 0 spiro atoms. The van der Waals surface area contributed by atoms with Crippen LogP contribution in [0.2, 0.25) is 0 Å². The van der Waals surface area contributed by atoms with Crippen LogP contribution in [-0.2, 0) is 13.1 Å². The minimum atomic E-state index is 0.516. The van der Waals surface area contributed by atoms with Crippen molar-refractivity contribution in [3.63, 3.8) is 0 Å². The zero-order valence-corrected chi connectivity index (χ0v) is 11.5. The molecule has 0 aromatic carbocycles. The summed E-state index contributed by atoms with van der Waals surface area (Å²) in [5.74, 6) is 1.03. The number of aromatic nitrogens is 3. The number of nitrogens with zero attached hydrogens (tertiary/aromatic N) is 3. The quantitative estimate of drug-likeness (QED) is 0.800. The van der Waals surface area contributed by atoms with Crippen molar-refractivity contribution in [2.45, 2.75) is 64.7 Å². The maximum Gasteiger partial charge on any atom is 0.146 e. The van der Waals surface area contributed by atoms with E-state index in [1.165, 1.54) is 32.2 Å². The second-order valence-electron chi connectivity index (χ2n) is 5.20. The molecule has 0 aliphatic carbocycles. The van der Waals surface area contributed by atoms with E-state index < -0.39 is 0 Å². The van der Waals surface area contributed by atoms with Gasteiger partial charge in [-0.1, -0.05) is 6.42 Å². The molecule has 1 aromatic rings. The van der Waals surface area contributed by atoms with E-state index >= 15 is 0 Å². The van der Waals surface area contributed by atoms with E-state index in [9.17, 15) is 0 Å². The first-order valence-electron chi connectivity index (χ1n) is 7.13. The molecule has 5 nitrogen and oxygen atoms in total. The number of rotatable bonds is 6. The maximum atomic E-state index is 4.14. The van der Waals surface area contributed by atoms with Gasteiger partial charge < -0.3 is 15.2 Å². The average molecular weight is 251 g/mol. The molecule has 1 fully saturated rings. The van der Waals surface area contributed by atoms with Crippen LogP contribution in [0.15, 0.2) is 6.33 Å². The molecule has 0 bridgehead atoms. The molecule has 1 aliphatic heterocycles. The van der Waals surface area contributed by atoms with Gasteiger partial charge in [-0.05, 0) is 39.7 Å². The van der Waals surface area contributed by atoms with Gasteiger partial charge in [-0.3, -0.25) is 0 Å². The monoisotopic (exact) mass is 251 g/mol. The van der Waals surface area contributed by atoms with Crippen LogP contribution in [0.3, 0.4) is 0 Å². The number of hydrogen-bond donors (Lipinski definition) is 2. The van der Waals surface area contributed by atoms with Crippen molar-refractivity contribution in [3.05, 3.63) is 12.2 Å². The van der Waals surface area contributed by atoms with Crippen molar-refractivity contribution in [2.24, 2.45) is 0 Å². The van der Waals surface area contributed by atoms with Crippen molar-refractivity contribution >= 4 is 0 Å². The zero-order valence-electron chi connectivity index (χ0n) is 11.5. The third-order valence-corrected chi connectivity index (χ3v) is 3.70. The highest BCUT2D eigenvalue weighted by atomic mass is 15.3. The summed E-state index contributed by atoms with van der Waals surface area (Å²) in [6.07, 6.45) is 7.01. The molecule has 2 rings (SSSR count). The molecular formula is C13H25N5. The molecule has 1 aromatic heterocycles. The number of nitrogens with one attached hydrogen (secondary N) is 2. The van der Waals surface area contributed by atoms with Crippen LogP contribution in [0.25, 0.3) is 0 Å². The Morgan fingerprint density at radius 1 is 1.56 bits per heavy atom. The molecule has 1 saturated heterocycles. The summed E-state index contributed by atoms with van der Waals surface area (Å²) in [5.41, 5.74) is 0. The maximum absolute atomic E-state index is 4.14. The van der Waals surface area contributed by atoms with Crippen molar-refractivity contribution in [1.29, 1.82) is 0 Å². The third kappa shape index (κ3) is 3.78. The third-order valence-electron chi connectivity index (χ3n) is 3.70. The van der Waals surface area contributed by atoms with Gasteiger partial charge in [0.05, 0.1) is 6.54 Å². The Kier molecular flexibility index (Phi) is 5.13. The van der Waals surface area contributed by atoms with Crippen LogP contribution in [0.4, 0.5) is 0 Å². The second-order valence-corrected chi connectivity index (χ2v) is 5.20. The lowest BCUT2D eigenvalue weighted by atomic mass is 9.99. The number of piperidine rings is 1. The van der Waals surface area contributed by atoms with E-state index in [1.807, 2.05) is 0 Å². The van der Waals surface area contributed by atoms with Crippen LogP contribution in [0.5, 0.6) is 0 Å². The SMILES string of the molecule is CCn1cnnc1CNC(C)CC1CCCCN1. The highest BCUT2D eigenvalue weighted by Gasteiger charge is 2.15. The first-order chi connectivity index (χ1) is 8.79. The van der Waals surface area contributed by atoms with Gasteiger partial charge in [0, 0.05) is 18.6 Å². The summed E-state index contributed by atoms with van der Waals surface area (Å²) in [6.45, 7) is 7.29. The van der Waals surface area contributed by atoms with E-state index in [0.29, 0.717) is 12.1 Å². The lowest BCUT2D eigenvalue weighted by Crippen LogP contribution is -2.39. The van der Waals surface area contributed by atoms with Crippen molar-refractivity contribution < 1.29 is 0 Å². The van der Waals surface area contributed by atoms with Crippen LogP contribution in [0, 0.1) is 0 Å². The van der Waals surface area contributed by atoms with Gasteiger partial charge >= 0.3 is 0 Å². The molecule has 18 heavy (non-hydrogen) atoms. The normalized spacial score (nSPS) is 22.0. The minimum Gasteiger partial charge on any atom is -0.317 e. The Balaban J connectivity index is 1.72. The summed E-state index contributed by atoms with van der Waals surface area (Å²) in [4.78, 5) is 0. The van der Waals surface area contributed by atoms with Crippen LogP contribution in [-0.4, -0.2) is 33.4 Å². The predicted molar refractivity (Wildman–Crippen MR) is 72.3 cm³/mol. The molecule has 0 amide bonds. The second kappa shape index (κ2) is 6.85. The molecule has 2 unspecified atom stereocenters. The summed E-state index contributed by atoms with van der Waals surface area (Å²) < 4.78 is 2.08. The smallest absolute Gasteiger partial charge is 0.146 e. The van der Waals surface area contributed by atoms with Crippen molar-refractivity contribution in [2.75, 3.05) is 6.54 Å². The lowest BCUT2D eigenvalue weighted by molar-refractivity contribution is 0.342. The molecular weight excluding hydrogens is 226 g/mol. The van der Waals surface area contributed by atoms with Gasteiger partial charge in [-0.2, -0.15) is 0 Å². The van der Waals surface area contributed by atoms with Crippen molar-refractivity contribution in [1.82, 2.24) is 25.4 Å². The summed E-state index contributed by atoms with van der Waals surface area (Å²) in [7, 11) is 0. The highest BCUT2D eigenvalue weighted by molar-refractivity contribution is 4.86. The summed E-state index contributed by atoms with van der Waals surface area (Å²) in [6, 6.07) is 1.20. The van der Waals surface area contributed by atoms with E-state index in [-0.39, 0.29) is 0 Å². The van der Waals surface area contributed by atoms with Crippen LogP contribution in [0.1, 0.15) is 45.4 Å². The van der Waals surface area contributed by atoms with E-state index in [1.54, 1.807) is 6.33 Å². The van der Waals surface area contributed by atoms with Gasteiger partial charge in [0.2, 0.25) is 0 Å². The number of hydrogen-bond acceptors (Lipinski definition) is 4. The fourth-order valence-corrected chi connectivity index (χ4v) is 2.58. The van der Waals surface area contributed by atoms with Gasteiger partial charge in [0.1, 0.15) is 12.2 Å². The first-order valence-corrected chi connectivity index (χ1v) is 7.13. The Morgan fingerprint density at radius 2 is 2.44 bits per heavy atom. The largest absolute Gasteiger partial charge is 0.317 e. The Labute approximate surface area is 109 Å². The van der Waals surface area contributed by atoms with E-state index in [0.717, 1.165) is 18.9 Å². The first kappa shape index (κ1) is 13.5. The molecule has 0 saturated carbocycles. The topological polar surface area (TPSA) is 54.8 Å². The van der Waals surface area contributed by atoms with E-state index in [4.69, 9.17) is 0 Å². The van der Waals surface area contributed by atoms with Crippen molar-refractivity contribution in [3.8, 4) is 0 Å². The molecule has 0 radical (unpaired) electrons. The van der Waals surface area contributed by atoms with Gasteiger partial charge in [0.15, 0.2) is 0 Å². The summed E-state index contributed by atoms with van der Waals surface area (Å²) in [5, 5.41) is 15.2. The fourth-order valence-electron chi connectivity index (χ4n) is 2.58. The minimum absolute atomic E-state index is 0.516. The molecule has 102 valence electrons. The Morgan fingerprint density at radius 3 is 3.17 bits per heavy atom. The van der Waals surface area contributed by atoms with Gasteiger partial charge in [0.25, 0.3) is 0 Å². The van der Waals surface area contributed by atoms with E-state index in [2.05, 4.69) is 39.2 Å².